The van der Waals surface area contributed by atoms with Gasteiger partial charge >= 0.3 is 11.7 Å². The van der Waals surface area contributed by atoms with Gasteiger partial charge in [0.15, 0.2) is 5.69 Å². The summed E-state index contributed by atoms with van der Waals surface area (Å²) in [5.41, 5.74) is -0.661. The molecule has 1 aromatic rings. The summed E-state index contributed by atoms with van der Waals surface area (Å²) in [6.45, 7) is 1.85. The molecule has 17 heavy (non-hydrogen) atoms. The Morgan fingerprint density at radius 1 is 1.65 bits per heavy atom. The van der Waals surface area contributed by atoms with Crippen LogP contribution >= 0.6 is 0 Å². The van der Waals surface area contributed by atoms with E-state index in [1.165, 1.54) is 0 Å². The van der Waals surface area contributed by atoms with E-state index in [0.29, 0.717) is 0 Å². The number of ether oxygens (including phenoxy) is 1. The second-order valence-electron chi connectivity index (χ2n) is 2.96. The van der Waals surface area contributed by atoms with E-state index in [2.05, 4.69) is 4.98 Å². The molecule has 1 heterocycles. The summed E-state index contributed by atoms with van der Waals surface area (Å²) in [6, 6.07) is 2.12. The number of hydrogen-bond acceptors (Lipinski definition) is 5. The number of nitrogens with zero attached hydrogens (tertiary/aromatic N) is 2. The molecule has 0 aliphatic rings. The lowest BCUT2D eigenvalue weighted by molar-refractivity contribution is -0.386. The van der Waals surface area contributed by atoms with Crippen molar-refractivity contribution in [2.75, 3.05) is 6.61 Å². The number of allylic oxidation sites excluding steroid dienone is 1. The lowest BCUT2D eigenvalue weighted by Crippen LogP contribution is -2.06. The molecule has 90 valence electrons. The van der Waals surface area contributed by atoms with E-state index in [0.717, 1.165) is 12.1 Å². The van der Waals surface area contributed by atoms with Gasteiger partial charge in [-0.2, -0.15) is 0 Å². The highest BCUT2D eigenvalue weighted by Crippen LogP contribution is 2.24. The summed E-state index contributed by atoms with van der Waals surface area (Å²) in [5.74, 6) is -1.57. The van der Waals surface area contributed by atoms with Crippen molar-refractivity contribution >= 4 is 11.7 Å². The zero-order valence-corrected chi connectivity index (χ0v) is 8.99. The first-order valence-electron chi connectivity index (χ1n) is 4.69. The van der Waals surface area contributed by atoms with E-state index in [9.17, 15) is 14.9 Å². The fraction of sp³-hybridized carbons (Fsp3) is 0.200. The van der Waals surface area contributed by atoms with Crippen LogP contribution in [0.2, 0.25) is 0 Å². The van der Waals surface area contributed by atoms with Gasteiger partial charge in [-0.25, -0.2) is 9.78 Å². The lowest BCUT2D eigenvalue weighted by atomic mass is 10.3. The number of aromatic carboxylic acids is 1. The Morgan fingerprint density at radius 3 is 2.88 bits per heavy atom. The molecule has 0 spiro atoms. The predicted octanol–water partition coefficient (Wildman–Crippen LogP) is 1.64. The highest BCUT2D eigenvalue weighted by atomic mass is 16.6. The smallest absolute Gasteiger partial charge is 0.354 e. The molecule has 1 N–H and O–H groups in total. The number of carbonyl (C=O) groups is 1. The number of carboxylic acid groups (broad SMARTS) is 1. The fourth-order valence-electron chi connectivity index (χ4n) is 1.02. The number of carboxylic acids is 1. The van der Waals surface area contributed by atoms with Crippen LogP contribution in [0, 0.1) is 10.1 Å². The molecule has 0 saturated heterocycles. The molecule has 1 rings (SSSR count). The van der Waals surface area contributed by atoms with Crippen molar-refractivity contribution < 1.29 is 19.6 Å². The topological polar surface area (TPSA) is 103 Å². The van der Waals surface area contributed by atoms with Crippen molar-refractivity contribution in [2.45, 2.75) is 6.92 Å². The summed E-state index contributed by atoms with van der Waals surface area (Å²) in [5, 5.41) is 19.4. The van der Waals surface area contributed by atoms with Crippen molar-refractivity contribution in [1.82, 2.24) is 4.98 Å². The molecule has 7 nitrogen and oxygen atoms in total. The summed E-state index contributed by atoms with van der Waals surface area (Å²) in [6.07, 6.45) is 3.33. The Bertz CT molecular complexity index is 470. The first-order valence-corrected chi connectivity index (χ1v) is 4.69. The van der Waals surface area contributed by atoms with Gasteiger partial charge in [-0.3, -0.25) is 10.1 Å². The maximum Gasteiger partial charge on any atom is 0.354 e. The van der Waals surface area contributed by atoms with Crippen molar-refractivity contribution in [3.8, 4) is 5.88 Å². The van der Waals surface area contributed by atoms with E-state index < -0.39 is 10.9 Å². The Hall–Kier alpha value is -2.44. The lowest BCUT2D eigenvalue weighted by Gasteiger charge is -2.03. The number of aromatic nitrogens is 1. The van der Waals surface area contributed by atoms with Crippen LogP contribution in [0.25, 0.3) is 0 Å². The molecular weight excluding hydrogens is 228 g/mol. The van der Waals surface area contributed by atoms with Crippen LogP contribution in [0.15, 0.2) is 24.3 Å². The maximum atomic E-state index is 10.7. The standard InChI is InChI=1S/C10H10N2O5/c1-2-3-6-17-9-8(12(15)16)5-4-7(11-9)10(13)14/h2-5H,6H2,1H3,(H,13,14)/b3-2+. The van der Waals surface area contributed by atoms with Gasteiger partial charge in [0.2, 0.25) is 0 Å². The third-order valence-corrected chi connectivity index (χ3v) is 1.81. The average molecular weight is 238 g/mol. The molecule has 0 amide bonds. The normalized spacial score (nSPS) is 10.4. The zero-order chi connectivity index (χ0) is 12.8. The minimum absolute atomic E-state index is 0.0907. The highest BCUT2D eigenvalue weighted by molar-refractivity contribution is 5.85. The molecule has 0 atom stereocenters. The third kappa shape index (κ3) is 3.26. The van der Waals surface area contributed by atoms with Crippen LogP contribution in [-0.4, -0.2) is 27.6 Å². The molecule has 0 fully saturated rings. The van der Waals surface area contributed by atoms with E-state index in [4.69, 9.17) is 9.84 Å². The van der Waals surface area contributed by atoms with Crippen molar-refractivity contribution in [3.05, 3.63) is 40.1 Å². The molecule has 0 aliphatic heterocycles. The van der Waals surface area contributed by atoms with Crippen molar-refractivity contribution in [2.24, 2.45) is 0 Å². The Kier molecular flexibility index (Phi) is 4.15. The van der Waals surface area contributed by atoms with E-state index in [-0.39, 0.29) is 23.9 Å². The Labute approximate surface area is 96.5 Å². The average Bonchev–Trinajstić information content (AvgIpc) is 2.28. The van der Waals surface area contributed by atoms with Crippen LogP contribution < -0.4 is 4.74 Å². The first kappa shape index (κ1) is 12.6. The van der Waals surface area contributed by atoms with Crippen LogP contribution in [0.3, 0.4) is 0 Å². The van der Waals surface area contributed by atoms with Gasteiger partial charge in [-0.15, -0.1) is 0 Å². The molecule has 7 heteroatoms. The van der Waals surface area contributed by atoms with Gasteiger partial charge in [0.05, 0.1) is 4.92 Å². The summed E-state index contributed by atoms with van der Waals surface area (Å²) < 4.78 is 5.03. The van der Waals surface area contributed by atoms with Crippen molar-refractivity contribution in [1.29, 1.82) is 0 Å². The Balaban J connectivity index is 3.06. The SMILES string of the molecule is C/C=C/COc1nc(C(=O)O)ccc1[N+](=O)[O-]. The van der Waals surface area contributed by atoms with Crippen LogP contribution in [0.1, 0.15) is 17.4 Å². The van der Waals surface area contributed by atoms with E-state index in [1.54, 1.807) is 19.1 Å². The van der Waals surface area contributed by atoms with Gasteiger partial charge in [-0.05, 0) is 13.0 Å². The maximum absolute atomic E-state index is 10.7. The molecule has 0 bridgehead atoms. The minimum Gasteiger partial charge on any atom is -0.477 e. The molecular formula is C10H10N2O5. The molecule has 0 unspecified atom stereocenters. The number of pyridine rings is 1. The molecule has 0 saturated carbocycles. The zero-order valence-electron chi connectivity index (χ0n) is 8.99. The molecule has 1 aromatic heterocycles. The van der Waals surface area contributed by atoms with Gasteiger partial charge in [0.25, 0.3) is 5.88 Å². The second-order valence-corrected chi connectivity index (χ2v) is 2.96. The third-order valence-electron chi connectivity index (χ3n) is 1.81. The van der Waals surface area contributed by atoms with Gasteiger partial charge in [0, 0.05) is 6.07 Å². The monoisotopic (exact) mass is 238 g/mol. The fourth-order valence-corrected chi connectivity index (χ4v) is 1.02. The molecule has 0 aliphatic carbocycles. The second kappa shape index (κ2) is 5.59. The summed E-state index contributed by atoms with van der Waals surface area (Å²) >= 11 is 0. The number of rotatable bonds is 5. The van der Waals surface area contributed by atoms with Gasteiger partial charge in [0.1, 0.15) is 6.61 Å². The predicted molar refractivity (Wildman–Crippen MR) is 58.2 cm³/mol. The highest BCUT2D eigenvalue weighted by Gasteiger charge is 2.19. The number of nitro groups is 1. The van der Waals surface area contributed by atoms with Crippen LogP contribution in [-0.2, 0) is 0 Å². The summed E-state index contributed by atoms with van der Waals surface area (Å²) in [4.78, 5) is 24.2. The van der Waals surface area contributed by atoms with E-state index in [1.807, 2.05) is 0 Å². The summed E-state index contributed by atoms with van der Waals surface area (Å²) in [7, 11) is 0. The largest absolute Gasteiger partial charge is 0.477 e. The Morgan fingerprint density at radius 2 is 2.35 bits per heavy atom. The van der Waals surface area contributed by atoms with Gasteiger partial charge < -0.3 is 9.84 Å². The minimum atomic E-state index is -1.27. The van der Waals surface area contributed by atoms with Crippen LogP contribution in [0.5, 0.6) is 5.88 Å². The first-order chi connectivity index (χ1) is 8.06. The van der Waals surface area contributed by atoms with E-state index >= 15 is 0 Å². The van der Waals surface area contributed by atoms with Crippen LogP contribution in [0.4, 0.5) is 5.69 Å². The van der Waals surface area contributed by atoms with Gasteiger partial charge in [-0.1, -0.05) is 12.2 Å². The quantitative estimate of drug-likeness (QED) is 0.475. The number of hydrogen-bond donors (Lipinski definition) is 1. The molecule has 0 aromatic carbocycles. The van der Waals surface area contributed by atoms with Crippen molar-refractivity contribution in [3.63, 3.8) is 0 Å². The molecule has 0 radical (unpaired) electrons.